The molecule has 27 heavy (non-hydrogen) atoms. The topological polar surface area (TPSA) is 74.3 Å². The molecule has 1 aromatic carbocycles. The van der Waals surface area contributed by atoms with E-state index < -0.39 is 0 Å². The van der Waals surface area contributed by atoms with Gasteiger partial charge in [0.1, 0.15) is 17.3 Å². The van der Waals surface area contributed by atoms with Crippen LogP contribution in [-0.4, -0.2) is 59.3 Å². The second-order valence-electron chi connectivity index (χ2n) is 6.36. The van der Waals surface area contributed by atoms with Gasteiger partial charge in [0.2, 0.25) is 0 Å². The summed E-state index contributed by atoms with van der Waals surface area (Å²) in [6, 6.07) is 15.3. The first-order chi connectivity index (χ1) is 13.2. The Morgan fingerprint density at radius 1 is 1.07 bits per heavy atom. The van der Waals surface area contributed by atoms with Gasteiger partial charge in [-0.3, -0.25) is 9.89 Å². The SMILES string of the molecule is COc1ccc(-c2cc(C(=O)N3CCN(c4ccccn4)CC3)[nH]n2)cc1. The number of aromatic nitrogens is 3. The average molecular weight is 363 g/mol. The summed E-state index contributed by atoms with van der Waals surface area (Å²) in [5.74, 6) is 1.72. The van der Waals surface area contributed by atoms with Crippen LogP contribution >= 0.6 is 0 Å². The summed E-state index contributed by atoms with van der Waals surface area (Å²) in [7, 11) is 1.63. The molecule has 1 aliphatic heterocycles. The van der Waals surface area contributed by atoms with Crippen LogP contribution in [-0.2, 0) is 0 Å². The molecule has 1 saturated heterocycles. The third kappa shape index (κ3) is 3.62. The lowest BCUT2D eigenvalue weighted by molar-refractivity contribution is 0.0740. The van der Waals surface area contributed by atoms with Crippen molar-refractivity contribution in [3.63, 3.8) is 0 Å². The minimum atomic E-state index is -0.0251. The van der Waals surface area contributed by atoms with Crippen molar-refractivity contribution in [2.75, 3.05) is 38.2 Å². The minimum Gasteiger partial charge on any atom is -0.497 e. The molecule has 1 amide bonds. The number of piperazine rings is 1. The molecule has 1 N–H and O–H groups in total. The summed E-state index contributed by atoms with van der Waals surface area (Å²) in [6.07, 6.45) is 1.79. The number of nitrogens with zero attached hydrogens (tertiary/aromatic N) is 4. The minimum absolute atomic E-state index is 0.0251. The Labute approximate surface area is 157 Å². The van der Waals surface area contributed by atoms with Gasteiger partial charge in [0.15, 0.2) is 0 Å². The van der Waals surface area contributed by atoms with Crippen molar-refractivity contribution in [2.24, 2.45) is 0 Å². The van der Waals surface area contributed by atoms with Crippen LogP contribution in [0.5, 0.6) is 5.75 Å². The number of aromatic amines is 1. The number of rotatable bonds is 4. The molecule has 0 aliphatic carbocycles. The Kier molecular flexibility index (Phi) is 4.74. The van der Waals surface area contributed by atoms with Gasteiger partial charge in [-0.25, -0.2) is 4.98 Å². The monoisotopic (exact) mass is 363 g/mol. The maximum atomic E-state index is 12.8. The van der Waals surface area contributed by atoms with Crippen molar-refractivity contribution in [1.82, 2.24) is 20.1 Å². The fraction of sp³-hybridized carbons (Fsp3) is 0.250. The first-order valence-electron chi connectivity index (χ1n) is 8.90. The van der Waals surface area contributed by atoms with Gasteiger partial charge in [-0.05, 0) is 42.5 Å². The molecule has 2 aromatic heterocycles. The summed E-state index contributed by atoms with van der Waals surface area (Å²) in [5.41, 5.74) is 2.19. The Hall–Kier alpha value is -3.35. The van der Waals surface area contributed by atoms with E-state index in [1.165, 1.54) is 0 Å². The maximum Gasteiger partial charge on any atom is 0.272 e. The molecule has 0 atom stereocenters. The molecule has 4 rings (SSSR count). The fourth-order valence-corrected chi connectivity index (χ4v) is 3.19. The summed E-state index contributed by atoms with van der Waals surface area (Å²) < 4.78 is 5.17. The first-order valence-corrected chi connectivity index (χ1v) is 8.90. The van der Waals surface area contributed by atoms with Crippen LogP contribution in [0.1, 0.15) is 10.5 Å². The van der Waals surface area contributed by atoms with Crippen LogP contribution in [0.4, 0.5) is 5.82 Å². The van der Waals surface area contributed by atoms with Crippen molar-refractivity contribution in [2.45, 2.75) is 0 Å². The highest BCUT2D eigenvalue weighted by Gasteiger charge is 2.24. The molecular formula is C20H21N5O2. The standard InChI is InChI=1S/C20H21N5O2/c1-27-16-7-5-15(6-8-16)17-14-18(23-22-17)20(26)25-12-10-24(11-13-25)19-4-2-3-9-21-19/h2-9,14H,10-13H2,1H3,(H,22,23). The summed E-state index contributed by atoms with van der Waals surface area (Å²) in [5, 5.41) is 7.16. The Bertz CT molecular complexity index is 900. The number of anilines is 1. The van der Waals surface area contributed by atoms with E-state index in [1.54, 1.807) is 19.4 Å². The molecule has 7 heteroatoms. The lowest BCUT2D eigenvalue weighted by atomic mass is 10.1. The Morgan fingerprint density at radius 3 is 2.52 bits per heavy atom. The van der Waals surface area contributed by atoms with Gasteiger partial charge in [0.25, 0.3) is 5.91 Å². The van der Waals surface area contributed by atoms with Crippen molar-refractivity contribution in [1.29, 1.82) is 0 Å². The molecule has 7 nitrogen and oxygen atoms in total. The van der Waals surface area contributed by atoms with Crippen molar-refractivity contribution >= 4 is 11.7 Å². The first kappa shape index (κ1) is 17.1. The molecule has 1 aliphatic rings. The zero-order valence-corrected chi connectivity index (χ0v) is 15.1. The number of pyridine rings is 1. The smallest absolute Gasteiger partial charge is 0.272 e. The van der Waals surface area contributed by atoms with Crippen LogP contribution in [0.2, 0.25) is 0 Å². The van der Waals surface area contributed by atoms with Crippen LogP contribution in [0.15, 0.2) is 54.7 Å². The molecule has 1 fully saturated rings. The number of amides is 1. The Morgan fingerprint density at radius 2 is 1.85 bits per heavy atom. The van der Waals surface area contributed by atoms with Gasteiger partial charge >= 0.3 is 0 Å². The van der Waals surface area contributed by atoms with Crippen molar-refractivity contribution in [3.8, 4) is 17.0 Å². The number of hydrogen-bond acceptors (Lipinski definition) is 5. The molecular weight excluding hydrogens is 342 g/mol. The molecule has 0 radical (unpaired) electrons. The third-order valence-electron chi connectivity index (χ3n) is 4.73. The summed E-state index contributed by atoms with van der Waals surface area (Å²) in [6.45, 7) is 2.85. The van der Waals surface area contributed by atoms with Gasteiger partial charge in [-0.15, -0.1) is 0 Å². The zero-order chi connectivity index (χ0) is 18.6. The predicted octanol–water partition coefficient (Wildman–Crippen LogP) is 2.44. The summed E-state index contributed by atoms with van der Waals surface area (Å²) >= 11 is 0. The maximum absolute atomic E-state index is 12.8. The largest absolute Gasteiger partial charge is 0.497 e. The molecule has 138 valence electrons. The highest BCUT2D eigenvalue weighted by molar-refractivity contribution is 5.93. The molecule has 0 spiro atoms. The van der Waals surface area contributed by atoms with E-state index in [0.29, 0.717) is 18.8 Å². The number of H-pyrrole nitrogens is 1. The number of hydrogen-bond donors (Lipinski definition) is 1. The van der Waals surface area contributed by atoms with Gasteiger partial charge in [-0.2, -0.15) is 5.10 Å². The van der Waals surface area contributed by atoms with Gasteiger partial charge in [0, 0.05) is 37.9 Å². The molecule has 3 aromatic rings. The van der Waals surface area contributed by atoms with E-state index in [2.05, 4.69) is 20.1 Å². The lowest BCUT2D eigenvalue weighted by Gasteiger charge is -2.35. The molecule has 3 heterocycles. The second-order valence-corrected chi connectivity index (χ2v) is 6.36. The van der Waals surface area contributed by atoms with Gasteiger partial charge in [-0.1, -0.05) is 6.07 Å². The predicted molar refractivity (Wildman–Crippen MR) is 103 cm³/mol. The van der Waals surface area contributed by atoms with E-state index in [4.69, 9.17) is 4.74 Å². The molecule has 0 saturated carbocycles. The number of ether oxygens (including phenoxy) is 1. The third-order valence-corrected chi connectivity index (χ3v) is 4.73. The van der Waals surface area contributed by atoms with E-state index >= 15 is 0 Å². The average Bonchev–Trinajstić information content (AvgIpc) is 3.24. The summed E-state index contributed by atoms with van der Waals surface area (Å²) in [4.78, 5) is 21.2. The second kappa shape index (κ2) is 7.49. The van der Waals surface area contributed by atoms with E-state index in [-0.39, 0.29) is 5.91 Å². The Balaban J connectivity index is 1.41. The molecule has 0 unspecified atom stereocenters. The number of carbonyl (C=O) groups is 1. The van der Waals surface area contributed by atoms with Crippen LogP contribution < -0.4 is 9.64 Å². The van der Waals surface area contributed by atoms with Crippen molar-refractivity contribution in [3.05, 3.63) is 60.4 Å². The normalized spacial score (nSPS) is 14.3. The molecule has 0 bridgehead atoms. The zero-order valence-electron chi connectivity index (χ0n) is 15.1. The van der Waals surface area contributed by atoms with Gasteiger partial charge in [0.05, 0.1) is 12.8 Å². The highest BCUT2D eigenvalue weighted by atomic mass is 16.5. The van der Waals surface area contributed by atoms with Crippen LogP contribution in [0.3, 0.4) is 0 Å². The number of carbonyl (C=O) groups excluding carboxylic acids is 1. The highest BCUT2D eigenvalue weighted by Crippen LogP contribution is 2.22. The fourth-order valence-electron chi connectivity index (χ4n) is 3.19. The van der Waals surface area contributed by atoms with Crippen molar-refractivity contribution < 1.29 is 9.53 Å². The van der Waals surface area contributed by atoms with Crippen LogP contribution in [0, 0.1) is 0 Å². The number of nitrogens with one attached hydrogen (secondary N) is 1. The van der Waals surface area contributed by atoms with E-state index in [1.807, 2.05) is 47.4 Å². The quantitative estimate of drug-likeness (QED) is 0.771. The van der Waals surface area contributed by atoms with Crippen LogP contribution in [0.25, 0.3) is 11.3 Å². The van der Waals surface area contributed by atoms with E-state index in [0.717, 1.165) is 35.9 Å². The number of benzene rings is 1. The lowest BCUT2D eigenvalue weighted by Crippen LogP contribution is -2.49. The number of methoxy groups -OCH3 is 1. The van der Waals surface area contributed by atoms with Gasteiger partial charge < -0.3 is 14.5 Å². The van der Waals surface area contributed by atoms with E-state index in [9.17, 15) is 4.79 Å².